The van der Waals surface area contributed by atoms with Gasteiger partial charge in [-0.3, -0.25) is 0 Å². The van der Waals surface area contributed by atoms with Crippen LogP contribution >= 0.6 is 0 Å². The molecule has 16 heavy (non-hydrogen) atoms. The highest BCUT2D eigenvalue weighted by Crippen LogP contribution is 2.56. The zero-order chi connectivity index (χ0) is 11.6. The van der Waals surface area contributed by atoms with E-state index >= 15 is 0 Å². The quantitative estimate of drug-likeness (QED) is 0.468. The van der Waals surface area contributed by atoms with E-state index in [-0.39, 0.29) is 0 Å². The van der Waals surface area contributed by atoms with Crippen LogP contribution in [0.15, 0.2) is 24.0 Å². The molecule has 2 aliphatic carbocycles. The fourth-order valence-corrected chi connectivity index (χ4v) is 3.43. The number of ether oxygens (including phenoxy) is 1. The van der Waals surface area contributed by atoms with E-state index in [1.807, 2.05) is 6.26 Å². The molecule has 90 valence electrons. The predicted molar refractivity (Wildman–Crippen MR) is 68.1 cm³/mol. The van der Waals surface area contributed by atoms with Crippen LogP contribution in [0.25, 0.3) is 0 Å². The first-order valence-corrected chi connectivity index (χ1v) is 6.48. The molecule has 0 aliphatic heterocycles. The van der Waals surface area contributed by atoms with Crippen LogP contribution in [0, 0.1) is 10.8 Å². The number of methoxy groups -OCH3 is 1. The Kier molecular flexibility index (Phi) is 3.14. The van der Waals surface area contributed by atoms with Crippen molar-refractivity contribution in [3.8, 4) is 0 Å². The second-order valence-corrected chi connectivity index (χ2v) is 6.02. The Bertz CT molecular complexity index is 311. The summed E-state index contributed by atoms with van der Waals surface area (Å²) in [5.74, 6) is 0. The topological polar surface area (TPSA) is 9.23 Å². The van der Waals surface area contributed by atoms with Gasteiger partial charge in [0, 0.05) is 0 Å². The average molecular weight is 220 g/mol. The van der Waals surface area contributed by atoms with Crippen molar-refractivity contribution >= 4 is 0 Å². The molecule has 1 fully saturated rings. The Labute approximate surface area is 99.6 Å². The third kappa shape index (κ3) is 1.92. The summed E-state index contributed by atoms with van der Waals surface area (Å²) in [5.41, 5.74) is 2.33. The van der Waals surface area contributed by atoms with Gasteiger partial charge >= 0.3 is 0 Å². The molecule has 1 spiro atoms. The summed E-state index contributed by atoms with van der Waals surface area (Å²) in [6.45, 7) is 4.87. The predicted octanol–water partition coefficient (Wildman–Crippen LogP) is 4.45. The Morgan fingerprint density at radius 3 is 2.81 bits per heavy atom. The van der Waals surface area contributed by atoms with Gasteiger partial charge in [0.25, 0.3) is 0 Å². The molecule has 0 radical (unpaired) electrons. The zero-order valence-electron chi connectivity index (χ0n) is 10.9. The normalized spacial score (nSPS) is 35.6. The Morgan fingerprint density at radius 2 is 2.12 bits per heavy atom. The standard InChI is InChI=1S/C15H24O/c1-14(2)8-4-5-9-15(14)10-6-7-13(11-15)12-16-3/h5,9,12H,4,6-8,10-11H2,1-3H3/b13-12+. The molecule has 1 saturated carbocycles. The first-order valence-electron chi connectivity index (χ1n) is 6.48. The summed E-state index contributed by atoms with van der Waals surface area (Å²) in [6, 6.07) is 0. The molecular formula is C15H24O. The van der Waals surface area contributed by atoms with Crippen LogP contribution in [0.1, 0.15) is 52.4 Å². The van der Waals surface area contributed by atoms with E-state index in [9.17, 15) is 0 Å². The van der Waals surface area contributed by atoms with Gasteiger partial charge in [-0.1, -0.05) is 26.0 Å². The molecule has 2 rings (SSSR count). The van der Waals surface area contributed by atoms with E-state index in [1.54, 1.807) is 7.11 Å². The van der Waals surface area contributed by atoms with E-state index < -0.39 is 0 Å². The summed E-state index contributed by atoms with van der Waals surface area (Å²) < 4.78 is 5.20. The van der Waals surface area contributed by atoms with Gasteiger partial charge in [-0.2, -0.15) is 0 Å². The summed E-state index contributed by atoms with van der Waals surface area (Å²) in [4.78, 5) is 0. The van der Waals surface area contributed by atoms with Gasteiger partial charge in [0.1, 0.15) is 0 Å². The van der Waals surface area contributed by atoms with Gasteiger partial charge in [-0.15, -0.1) is 0 Å². The minimum atomic E-state index is 0.397. The number of hydrogen-bond donors (Lipinski definition) is 0. The van der Waals surface area contributed by atoms with Crippen molar-refractivity contribution in [2.45, 2.75) is 52.4 Å². The second-order valence-electron chi connectivity index (χ2n) is 6.02. The molecule has 0 aromatic carbocycles. The summed E-state index contributed by atoms with van der Waals surface area (Å²) in [5, 5.41) is 0. The summed E-state index contributed by atoms with van der Waals surface area (Å²) in [6.07, 6.45) is 14.5. The van der Waals surface area contributed by atoms with Crippen LogP contribution in [-0.2, 0) is 4.74 Å². The molecule has 0 N–H and O–H groups in total. The van der Waals surface area contributed by atoms with Crippen LogP contribution in [0.3, 0.4) is 0 Å². The number of allylic oxidation sites excluding steroid dienone is 3. The maximum Gasteiger partial charge on any atom is 0.0816 e. The van der Waals surface area contributed by atoms with Crippen LogP contribution in [0.2, 0.25) is 0 Å². The molecular weight excluding hydrogens is 196 g/mol. The lowest BCUT2D eigenvalue weighted by Gasteiger charge is -2.50. The van der Waals surface area contributed by atoms with E-state index in [0.717, 1.165) is 0 Å². The highest BCUT2D eigenvalue weighted by Gasteiger charge is 2.45. The third-order valence-electron chi connectivity index (χ3n) is 4.67. The molecule has 0 amide bonds. The fourth-order valence-electron chi connectivity index (χ4n) is 3.43. The highest BCUT2D eigenvalue weighted by molar-refractivity contribution is 5.19. The molecule has 1 unspecified atom stereocenters. The van der Waals surface area contributed by atoms with Crippen LogP contribution in [0.4, 0.5) is 0 Å². The smallest absolute Gasteiger partial charge is 0.0816 e. The van der Waals surface area contributed by atoms with Crippen molar-refractivity contribution in [2.24, 2.45) is 10.8 Å². The van der Waals surface area contributed by atoms with E-state index in [2.05, 4.69) is 26.0 Å². The highest BCUT2D eigenvalue weighted by atomic mass is 16.5. The summed E-state index contributed by atoms with van der Waals surface area (Å²) in [7, 11) is 1.76. The van der Waals surface area contributed by atoms with Crippen molar-refractivity contribution in [1.29, 1.82) is 0 Å². The maximum atomic E-state index is 5.20. The fraction of sp³-hybridized carbons (Fsp3) is 0.733. The Morgan fingerprint density at radius 1 is 1.31 bits per heavy atom. The largest absolute Gasteiger partial charge is 0.504 e. The molecule has 0 aromatic heterocycles. The van der Waals surface area contributed by atoms with Crippen LogP contribution < -0.4 is 0 Å². The van der Waals surface area contributed by atoms with E-state index in [1.165, 1.54) is 44.1 Å². The summed E-state index contributed by atoms with van der Waals surface area (Å²) >= 11 is 0. The first-order chi connectivity index (χ1) is 7.60. The van der Waals surface area contributed by atoms with E-state index in [4.69, 9.17) is 4.74 Å². The average Bonchev–Trinajstić information content (AvgIpc) is 2.24. The number of hydrogen-bond acceptors (Lipinski definition) is 1. The lowest BCUT2D eigenvalue weighted by atomic mass is 9.54. The van der Waals surface area contributed by atoms with Gasteiger partial charge < -0.3 is 4.74 Å². The monoisotopic (exact) mass is 220 g/mol. The van der Waals surface area contributed by atoms with Crippen molar-refractivity contribution in [2.75, 3.05) is 7.11 Å². The van der Waals surface area contributed by atoms with E-state index in [0.29, 0.717) is 10.8 Å². The maximum absolute atomic E-state index is 5.20. The van der Waals surface area contributed by atoms with Gasteiger partial charge in [-0.05, 0) is 54.9 Å². The molecule has 0 heterocycles. The Hall–Kier alpha value is -0.720. The second kappa shape index (κ2) is 4.27. The van der Waals surface area contributed by atoms with Crippen molar-refractivity contribution in [1.82, 2.24) is 0 Å². The molecule has 2 aliphatic rings. The lowest BCUT2D eigenvalue weighted by molar-refractivity contribution is 0.0754. The van der Waals surface area contributed by atoms with Gasteiger partial charge in [0.15, 0.2) is 0 Å². The van der Waals surface area contributed by atoms with Gasteiger partial charge in [0.05, 0.1) is 13.4 Å². The molecule has 1 nitrogen and oxygen atoms in total. The Balaban J connectivity index is 2.26. The molecule has 0 bridgehead atoms. The molecule has 1 heteroatoms. The third-order valence-corrected chi connectivity index (χ3v) is 4.67. The van der Waals surface area contributed by atoms with Crippen molar-refractivity contribution in [3.63, 3.8) is 0 Å². The van der Waals surface area contributed by atoms with Crippen LogP contribution in [-0.4, -0.2) is 7.11 Å². The van der Waals surface area contributed by atoms with Gasteiger partial charge in [-0.25, -0.2) is 0 Å². The molecule has 1 atom stereocenters. The minimum absolute atomic E-state index is 0.397. The van der Waals surface area contributed by atoms with Crippen LogP contribution in [0.5, 0.6) is 0 Å². The van der Waals surface area contributed by atoms with Crippen molar-refractivity contribution in [3.05, 3.63) is 24.0 Å². The number of rotatable bonds is 1. The SMILES string of the molecule is CO/C=C1\CCCC2(C=CCCC2(C)C)C1. The molecule has 0 aromatic rings. The minimum Gasteiger partial charge on any atom is -0.504 e. The lowest BCUT2D eigenvalue weighted by Crippen LogP contribution is -2.40. The molecule has 0 saturated heterocycles. The first kappa shape index (κ1) is 11.8. The zero-order valence-corrected chi connectivity index (χ0v) is 10.9. The van der Waals surface area contributed by atoms with Crippen molar-refractivity contribution < 1.29 is 4.74 Å². The van der Waals surface area contributed by atoms with Gasteiger partial charge in [0.2, 0.25) is 0 Å².